The van der Waals surface area contributed by atoms with Gasteiger partial charge < -0.3 is 0 Å². The van der Waals surface area contributed by atoms with Gasteiger partial charge in [0.2, 0.25) is 0 Å². The van der Waals surface area contributed by atoms with E-state index in [-0.39, 0.29) is 32.4 Å². The van der Waals surface area contributed by atoms with E-state index >= 15 is 0 Å². The lowest BCUT2D eigenvalue weighted by atomic mass is 10.0. The Kier molecular flexibility index (Phi) is 7.63. The smallest absolute Gasteiger partial charge is 0.228 e. The van der Waals surface area contributed by atoms with E-state index in [0.29, 0.717) is 16.5 Å². The Balaban J connectivity index is 1.78. The minimum absolute atomic E-state index is 0.0651. The molecule has 2 heterocycles. The molecule has 0 aliphatic rings. The third kappa shape index (κ3) is 6.70. The fraction of sp³-hybridized carbons (Fsp3) is 0.259. The van der Waals surface area contributed by atoms with E-state index in [0.717, 1.165) is 29.5 Å². The second kappa shape index (κ2) is 10.3. The van der Waals surface area contributed by atoms with Crippen molar-refractivity contribution in [1.82, 2.24) is 14.7 Å². The number of sulfonamides is 1. The van der Waals surface area contributed by atoms with Gasteiger partial charge in [0.1, 0.15) is 9.90 Å². The van der Waals surface area contributed by atoms with Crippen LogP contribution in [0.3, 0.4) is 0 Å². The molecular formula is C27H23F6N3O2S2. The molecule has 0 spiro atoms. The maximum Gasteiger partial charge on any atom is 0.433 e. The zero-order chi connectivity index (χ0) is 29.7. The number of halogens is 6. The number of thiophene rings is 1. The van der Waals surface area contributed by atoms with Crippen LogP contribution in [0.25, 0.3) is 33.1 Å². The molecule has 0 saturated carbocycles. The summed E-state index contributed by atoms with van der Waals surface area (Å²) in [5, 5.41) is 0. The minimum Gasteiger partial charge on any atom is -0.228 e. The molecule has 0 bridgehead atoms. The van der Waals surface area contributed by atoms with Crippen molar-refractivity contribution in [2.75, 3.05) is 0 Å². The monoisotopic (exact) mass is 599 g/mol. The molecule has 0 aliphatic heterocycles. The molecule has 0 fully saturated rings. The van der Waals surface area contributed by atoms with E-state index in [1.54, 1.807) is 39.0 Å². The Morgan fingerprint density at radius 1 is 0.775 bits per heavy atom. The molecule has 5 nitrogen and oxygen atoms in total. The van der Waals surface area contributed by atoms with Crippen molar-refractivity contribution < 1.29 is 34.8 Å². The predicted octanol–water partition coefficient (Wildman–Crippen LogP) is 7.96. The summed E-state index contributed by atoms with van der Waals surface area (Å²) in [6.45, 7) is 6.34. The lowest BCUT2D eigenvalue weighted by Crippen LogP contribution is -2.40. The van der Waals surface area contributed by atoms with E-state index in [1.807, 2.05) is 0 Å². The van der Waals surface area contributed by atoms with Crippen molar-refractivity contribution in [1.29, 1.82) is 0 Å². The van der Waals surface area contributed by atoms with Gasteiger partial charge in [0.05, 0.1) is 11.3 Å². The van der Waals surface area contributed by atoms with Gasteiger partial charge in [-0.05, 0) is 75.2 Å². The normalized spacial score (nSPS) is 13.1. The fourth-order valence-corrected chi connectivity index (χ4v) is 6.62. The van der Waals surface area contributed by atoms with Gasteiger partial charge in [-0.3, -0.25) is 0 Å². The van der Waals surface area contributed by atoms with E-state index < -0.39 is 39.2 Å². The highest BCUT2D eigenvalue weighted by molar-refractivity contribution is 7.91. The summed E-state index contributed by atoms with van der Waals surface area (Å²) >= 11 is 0.987. The lowest BCUT2D eigenvalue weighted by Gasteiger charge is -2.19. The van der Waals surface area contributed by atoms with Gasteiger partial charge in [-0.25, -0.2) is 23.1 Å². The molecule has 212 valence electrons. The molecule has 0 atom stereocenters. The average Bonchev–Trinajstić information content (AvgIpc) is 3.33. The summed E-state index contributed by atoms with van der Waals surface area (Å²) < 4.78 is 109. The van der Waals surface area contributed by atoms with Crippen molar-refractivity contribution >= 4 is 21.4 Å². The molecule has 0 unspecified atom stereocenters. The van der Waals surface area contributed by atoms with Gasteiger partial charge in [0.25, 0.3) is 10.0 Å². The maximum atomic E-state index is 13.8. The van der Waals surface area contributed by atoms with Crippen LogP contribution in [0.2, 0.25) is 0 Å². The first-order valence-electron chi connectivity index (χ1n) is 11.7. The van der Waals surface area contributed by atoms with Gasteiger partial charge in [-0.15, -0.1) is 11.3 Å². The van der Waals surface area contributed by atoms with E-state index in [1.165, 1.54) is 25.1 Å². The summed E-state index contributed by atoms with van der Waals surface area (Å²) in [5.41, 5.74) is -2.42. The largest absolute Gasteiger partial charge is 0.433 e. The number of aromatic nitrogens is 2. The number of nitrogens with zero attached hydrogens (tertiary/aromatic N) is 2. The van der Waals surface area contributed by atoms with Gasteiger partial charge in [-0.1, -0.05) is 24.3 Å². The fourth-order valence-electron chi connectivity index (χ4n) is 3.90. The van der Waals surface area contributed by atoms with E-state index in [2.05, 4.69) is 14.7 Å². The summed E-state index contributed by atoms with van der Waals surface area (Å²) in [6.07, 6.45) is -9.46. The van der Waals surface area contributed by atoms with E-state index in [4.69, 9.17) is 0 Å². The summed E-state index contributed by atoms with van der Waals surface area (Å²) in [6, 6.07) is 13.0. The third-order valence-corrected chi connectivity index (χ3v) is 8.92. The highest BCUT2D eigenvalue weighted by Gasteiger charge is 2.35. The van der Waals surface area contributed by atoms with Crippen LogP contribution in [0.5, 0.6) is 0 Å². The van der Waals surface area contributed by atoms with Crippen LogP contribution in [0.15, 0.2) is 64.9 Å². The maximum absolute atomic E-state index is 13.8. The molecule has 4 rings (SSSR count). The van der Waals surface area contributed by atoms with Crippen molar-refractivity contribution in [2.45, 2.75) is 49.8 Å². The molecule has 13 heteroatoms. The van der Waals surface area contributed by atoms with Gasteiger partial charge in [0, 0.05) is 21.5 Å². The van der Waals surface area contributed by atoms with Gasteiger partial charge >= 0.3 is 12.4 Å². The Hall–Kier alpha value is -3.29. The Morgan fingerprint density at radius 3 is 2.05 bits per heavy atom. The Morgan fingerprint density at radius 2 is 1.45 bits per heavy atom. The first kappa shape index (κ1) is 29.7. The molecule has 4 aromatic rings. The second-order valence-corrected chi connectivity index (χ2v) is 13.0. The first-order chi connectivity index (χ1) is 18.3. The highest BCUT2D eigenvalue weighted by Crippen LogP contribution is 2.37. The molecular weight excluding hydrogens is 576 g/mol. The standard InChI is InChI=1S/C27H23F6N3O2S2/c1-15-12-16(8-9-19(15)26(28,29)30)20-14-22(27(31,32)33)35-24(34-20)18-7-5-6-17(13-18)21-10-11-23(39-21)40(37,38)36-25(2,3)4/h5-14,36H,1-4H3. The van der Waals surface area contributed by atoms with Crippen molar-refractivity contribution in [3.63, 3.8) is 0 Å². The number of rotatable bonds is 5. The van der Waals surface area contributed by atoms with Crippen LogP contribution < -0.4 is 4.72 Å². The molecule has 0 radical (unpaired) electrons. The number of nitrogens with one attached hydrogen (secondary N) is 1. The number of aryl methyl sites for hydroxylation is 1. The second-order valence-electron chi connectivity index (χ2n) is 10.0. The van der Waals surface area contributed by atoms with Crippen molar-refractivity contribution in [3.8, 4) is 33.1 Å². The topological polar surface area (TPSA) is 72.0 Å². The van der Waals surface area contributed by atoms with Crippen LogP contribution in [-0.2, 0) is 22.4 Å². The van der Waals surface area contributed by atoms with Gasteiger partial charge in [-0.2, -0.15) is 26.3 Å². The lowest BCUT2D eigenvalue weighted by molar-refractivity contribution is -0.141. The summed E-state index contributed by atoms with van der Waals surface area (Å²) in [5.74, 6) is -0.289. The predicted molar refractivity (Wildman–Crippen MR) is 141 cm³/mol. The number of alkyl halides is 6. The van der Waals surface area contributed by atoms with Crippen LogP contribution in [-0.4, -0.2) is 23.9 Å². The first-order valence-corrected chi connectivity index (χ1v) is 14.0. The van der Waals surface area contributed by atoms with Crippen LogP contribution in [0.1, 0.15) is 37.6 Å². The molecule has 1 N–H and O–H groups in total. The molecule has 2 aromatic heterocycles. The molecule has 40 heavy (non-hydrogen) atoms. The zero-order valence-corrected chi connectivity index (χ0v) is 23.2. The Labute approximate surface area is 231 Å². The van der Waals surface area contributed by atoms with Crippen LogP contribution in [0.4, 0.5) is 26.3 Å². The summed E-state index contributed by atoms with van der Waals surface area (Å²) in [4.78, 5) is 8.47. The van der Waals surface area contributed by atoms with Crippen molar-refractivity contribution in [2.24, 2.45) is 0 Å². The van der Waals surface area contributed by atoms with Crippen LogP contribution in [0, 0.1) is 6.92 Å². The number of hydrogen-bond donors (Lipinski definition) is 1. The summed E-state index contributed by atoms with van der Waals surface area (Å²) in [7, 11) is -3.79. The third-order valence-electron chi connectivity index (χ3n) is 5.54. The zero-order valence-electron chi connectivity index (χ0n) is 21.6. The molecule has 0 saturated heterocycles. The van der Waals surface area contributed by atoms with Crippen molar-refractivity contribution in [3.05, 3.63) is 77.5 Å². The van der Waals surface area contributed by atoms with E-state index in [9.17, 15) is 34.8 Å². The molecule has 2 aromatic carbocycles. The highest BCUT2D eigenvalue weighted by atomic mass is 32.2. The quantitative estimate of drug-likeness (QED) is 0.236. The minimum atomic E-state index is -4.85. The SMILES string of the molecule is Cc1cc(-c2cc(C(F)(F)F)nc(-c3cccc(-c4ccc(S(=O)(=O)NC(C)(C)C)s4)c3)n2)ccc1C(F)(F)F. The van der Waals surface area contributed by atoms with Crippen LogP contribution >= 0.6 is 11.3 Å². The Bertz CT molecular complexity index is 1670. The average molecular weight is 600 g/mol. The van der Waals surface area contributed by atoms with Gasteiger partial charge in [0.15, 0.2) is 5.82 Å². The number of hydrogen-bond acceptors (Lipinski definition) is 5. The molecule has 0 aliphatic carbocycles. The molecule has 0 amide bonds. The number of benzene rings is 2.